The van der Waals surface area contributed by atoms with Crippen molar-refractivity contribution in [1.82, 2.24) is 4.98 Å². The van der Waals surface area contributed by atoms with Gasteiger partial charge in [0.2, 0.25) is 0 Å². The number of benzene rings is 1. The second-order valence-corrected chi connectivity index (χ2v) is 4.01. The van der Waals surface area contributed by atoms with Gasteiger partial charge in [0.15, 0.2) is 0 Å². The molecule has 0 amide bonds. The molecule has 106 valence electrons. The first kappa shape index (κ1) is 14.4. The van der Waals surface area contributed by atoms with Gasteiger partial charge in [-0.2, -0.15) is 13.2 Å². The third-order valence-corrected chi connectivity index (χ3v) is 2.67. The molecule has 2 aromatic rings. The van der Waals surface area contributed by atoms with Crippen LogP contribution in [-0.4, -0.2) is 10.1 Å². The van der Waals surface area contributed by atoms with Crippen LogP contribution in [0.2, 0.25) is 0 Å². The molecular formula is C13H8F5NO. The van der Waals surface area contributed by atoms with Gasteiger partial charge in [-0.1, -0.05) is 6.07 Å². The lowest BCUT2D eigenvalue weighted by molar-refractivity contribution is -0.137. The number of pyridine rings is 1. The molecule has 0 saturated carbocycles. The minimum Gasteiger partial charge on any atom is -0.382 e. The predicted molar refractivity (Wildman–Crippen MR) is 59.7 cm³/mol. The van der Waals surface area contributed by atoms with E-state index < -0.39 is 35.0 Å². The summed E-state index contributed by atoms with van der Waals surface area (Å²) in [6.45, 7) is 0. The molecule has 2 nitrogen and oxygen atoms in total. The molecule has 0 aliphatic heterocycles. The number of rotatable bonds is 2. The van der Waals surface area contributed by atoms with Crippen LogP contribution in [0, 0.1) is 11.6 Å². The summed E-state index contributed by atoms with van der Waals surface area (Å²) in [7, 11) is 0. The van der Waals surface area contributed by atoms with Crippen molar-refractivity contribution in [1.29, 1.82) is 0 Å². The Morgan fingerprint density at radius 3 is 2.05 bits per heavy atom. The first-order valence-corrected chi connectivity index (χ1v) is 5.46. The van der Waals surface area contributed by atoms with Gasteiger partial charge in [-0.05, 0) is 24.3 Å². The largest absolute Gasteiger partial charge is 0.417 e. The van der Waals surface area contributed by atoms with Crippen LogP contribution < -0.4 is 0 Å². The highest BCUT2D eigenvalue weighted by Crippen LogP contribution is 2.30. The average molecular weight is 289 g/mol. The molecule has 0 bridgehead atoms. The molecule has 1 aromatic heterocycles. The average Bonchev–Trinajstić information content (AvgIpc) is 2.37. The van der Waals surface area contributed by atoms with E-state index in [1.165, 1.54) is 0 Å². The zero-order chi connectivity index (χ0) is 14.9. The molecule has 2 rings (SSSR count). The highest BCUT2D eigenvalue weighted by Gasteiger charge is 2.31. The number of aliphatic hydroxyl groups is 1. The summed E-state index contributed by atoms with van der Waals surface area (Å²) in [6, 6.07) is 4.54. The number of alkyl halides is 3. The van der Waals surface area contributed by atoms with Gasteiger partial charge in [-0.3, -0.25) is 4.98 Å². The molecule has 20 heavy (non-hydrogen) atoms. The molecular weight excluding hydrogens is 281 g/mol. The Bertz CT molecular complexity index is 589. The smallest absolute Gasteiger partial charge is 0.382 e. The summed E-state index contributed by atoms with van der Waals surface area (Å²) in [6.07, 6.45) is -5.85. The quantitative estimate of drug-likeness (QED) is 0.859. The number of hydrogen-bond donors (Lipinski definition) is 1. The zero-order valence-electron chi connectivity index (χ0n) is 9.83. The molecule has 0 aliphatic rings. The Balaban J connectivity index is 2.37. The summed E-state index contributed by atoms with van der Waals surface area (Å²) < 4.78 is 63.9. The van der Waals surface area contributed by atoms with E-state index in [0.29, 0.717) is 12.3 Å². The van der Waals surface area contributed by atoms with Crippen LogP contribution in [0.1, 0.15) is 22.9 Å². The van der Waals surface area contributed by atoms with Crippen molar-refractivity contribution in [3.63, 3.8) is 0 Å². The normalized spacial score (nSPS) is 13.3. The van der Waals surface area contributed by atoms with E-state index in [1.807, 2.05) is 0 Å². The maximum Gasteiger partial charge on any atom is 0.417 e. The standard InChI is InChI=1S/C13H8F5NO/c14-8-2-1-3-9(15)11(8)12(20)10-5-4-7(6-19-10)13(16,17)18/h1-6,12,20H. The predicted octanol–water partition coefficient (Wildman–Crippen LogP) is 3.46. The Morgan fingerprint density at radius 2 is 1.60 bits per heavy atom. The zero-order valence-corrected chi connectivity index (χ0v) is 9.83. The fraction of sp³-hybridized carbons (Fsp3) is 0.154. The lowest BCUT2D eigenvalue weighted by Crippen LogP contribution is -2.10. The topological polar surface area (TPSA) is 33.1 Å². The fourth-order valence-corrected chi connectivity index (χ4v) is 1.65. The molecule has 0 radical (unpaired) electrons. The van der Waals surface area contributed by atoms with E-state index >= 15 is 0 Å². The van der Waals surface area contributed by atoms with Crippen molar-refractivity contribution in [3.05, 3.63) is 65.0 Å². The van der Waals surface area contributed by atoms with E-state index in [1.54, 1.807) is 0 Å². The first-order chi connectivity index (χ1) is 9.30. The number of aromatic nitrogens is 1. The van der Waals surface area contributed by atoms with Crippen LogP contribution in [0.5, 0.6) is 0 Å². The second-order valence-electron chi connectivity index (χ2n) is 4.01. The Hall–Kier alpha value is -2.02. The molecule has 1 atom stereocenters. The van der Waals surface area contributed by atoms with E-state index in [2.05, 4.69) is 4.98 Å². The molecule has 1 N–H and O–H groups in total. The first-order valence-electron chi connectivity index (χ1n) is 5.46. The molecule has 0 fully saturated rings. The molecule has 1 aromatic carbocycles. The van der Waals surface area contributed by atoms with Gasteiger partial charge in [0.1, 0.15) is 17.7 Å². The summed E-state index contributed by atoms with van der Waals surface area (Å²) in [5, 5.41) is 9.82. The van der Waals surface area contributed by atoms with Crippen LogP contribution in [0.15, 0.2) is 36.5 Å². The molecule has 1 heterocycles. The Morgan fingerprint density at radius 1 is 1.00 bits per heavy atom. The summed E-state index contributed by atoms with van der Waals surface area (Å²) in [5.41, 5.74) is -1.94. The van der Waals surface area contributed by atoms with Gasteiger partial charge < -0.3 is 5.11 Å². The lowest BCUT2D eigenvalue weighted by Gasteiger charge is -2.13. The molecule has 0 saturated heterocycles. The van der Waals surface area contributed by atoms with Gasteiger partial charge in [-0.25, -0.2) is 8.78 Å². The SMILES string of the molecule is OC(c1ccc(C(F)(F)F)cn1)c1c(F)cccc1F. The van der Waals surface area contributed by atoms with Crippen molar-refractivity contribution < 1.29 is 27.1 Å². The van der Waals surface area contributed by atoms with Crippen molar-refractivity contribution >= 4 is 0 Å². The van der Waals surface area contributed by atoms with Gasteiger partial charge in [-0.15, -0.1) is 0 Å². The minimum atomic E-state index is -4.57. The monoisotopic (exact) mass is 289 g/mol. The Kier molecular flexibility index (Phi) is 3.71. The van der Waals surface area contributed by atoms with Crippen molar-refractivity contribution in [2.75, 3.05) is 0 Å². The maximum atomic E-state index is 13.4. The molecule has 0 aliphatic carbocycles. The van der Waals surface area contributed by atoms with Crippen molar-refractivity contribution in [2.24, 2.45) is 0 Å². The second kappa shape index (κ2) is 5.16. The third-order valence-electron chi connectivity index (χ3n) is 2.67. The summed E-state index contributed by atoms with van der Waals surface area (Å²) >= 11 is 0. The Labute approximate surface area is 110 Å². The summed E-state index contributed by atoms with van der Waals surface area (Å²) in [4.78, 5) is 3.40. The summed E-state index contributed by atoms with van der Waals surface area (Å²) in [5.74, 6) is -2.00. The van der Waals surface area contributed by atoms with Gasteiger partial charge in [0, 0.05) is 6.20 Å². The van der Waals surface area contributed by atoms with Crippen LogP contribution in [-0.2, 0) is 6.18 Å². The van der Waals surface area contributed by atoms with Gasteiger partial charge in [0.25, 0.3) is 0 Å². The third kappa shape index (κ3) is 2.77. The number of halogens is 5. The molecule has 1 unspecified atom stereocenters. The van der Waals surface area contributed by atoms with E-state index in [-0.39, 0.29) is 5.69 Å². The van der Waals surface area contributed by atoms with Gasteiger partial charge >= 0.3 is 6.18 Å². The molecule has 7 heteroatoms. The number of nitrogens with zero attached hydrogens (tertiary/aromatic N) is 1. The van der Waals surface area contributed by atoms with Crippen molar-refractivity contribution in [2.45, 2.75) is 12.3 Å². The van der Waals surface area contributed by atoms with E-state index in [4.69, 9.17) is 0 Å². The molecule has 0 spiro atoms. The van der Waals surface area contributed by atoms with E-state index in [9.17, 15) is 27.1 Å². The van der Waals surface area contributed by atoms with E-state index in [0.717, 1.165) is 24.3 Å². The minimum absolute atomic E-state index is 0.276. The maximum absolute atomic E-state index is 13.4. The van der Waals surface area contributed by atoms with Crippen molar-refractivity contribution in [3.8, 4) is 0 Å². The van der Waals surface area contributed by atoms with Crippen LogP contribution in [0.25, 0.3) is 0 Å². The lowest BCUT2D eigenvalue weighted by atomic mass is 10.0. The van der Waals surface area contributed by atoms with Crippen LogP contribution >= 0.6 is 0 Å². The van der Waals surface area contributed by atoms with Crippen LogP contribution in [0.3, 0.4) is 0 Å². The fourth-order valence-electron chi connectivity index (χ4n) is 1.65. The highest BCUT2D eigenvalue weighted by molar-refractivity contribution is 5.29. The van der Waals surface area contributed by atoms with Gasteiger partial charge in [0.05, 0.1) is 16.8 Å². The van der Waals surface area contributed by atoms with Crippen LogP contribution in [0.4, 0.5) is 22.0 Å². The number of aliphatic hydroxyl groups excluding tert-OH is 1. The highest BCUT2D eigenvalue weighted by atomic mass is 19.4. The number of hydrogen-bond acceptors (Lipinski definition) is 2.